The number of hydrogen-bond donors (Lipinski definition) is 1. The van der Waals surface area contributed by atoms with Gasteiger partial charge in [-0.2, -0.15) is 0 Å². The highest BCUT2D eigenvalue weighted by Crippen LogP contribution is 2.39. The molecule has 0 radical (unpaired) electrons. The lowest BCUT2D eigenvalue weighted by Gasteiger charge is -2.01. The Balaban J connectivity index is 2.14. The summed E-state index contributed by atoms with van der Waals surface area (Å²) in [6.07, 6.45) is 1.13. The van der Waals surface area contributed by atoms with Gasteiger partial charge < -0.3 is 10.5 Å². The molecule has 0 saturated heterocycles. The van der Waals surface area contributed by atoms with Gasteiger partial charge in [-0.05, 0) is 24.1 Å². The standard InChI is InChI=1S/C10H13NO/c1-12-8-4-2-7(3-5-8)9-6-10(9)11/h2-5,9-10H,6,11H2,1H3/t9-,10?/m1/s1. The summed E-state index contributed by atoms with van der Waals surface area (Å²) in [6.45, 7) is 0. The van der Waals surface area contributed by atoms with E-state index < -0.39 is 0 Å². The summed E-state index contributed by atoms with van der Waals surface area (Å²) in [5, 5.41) is 0. The summed E-state index contributed by atoms with van der Waals surface area (Å²) in [5.74, 6) is 1.50. The Labute approximate surface area is 72.3 Å². The van der Waals surface area contributed by atoms with Crippen LogP contribution in [0.3, 0.4) is 0 Å². The second kappa shape index (κ2) is 2.79. The van der Waals surface area contributed by atoms with Crippen molar-refractivity contribution in [3.8, 4) is 5.75 Å². The van der Waals surface area contributed by atoms with Crippen LogP contribution in [0, 0.1) is 0 Å². The molecule has 0 amide bonds. The normalized spacial score (nSPS) is 26.8. The van der Waals surface area contributed by atoms with Crippen molar-refractivity contribution in [2.45, 2.75) is 18.4 Å². The largest absolute Gasteiger partial charge is 0.497 e. The van der Waals surface area contributed by atoms with Crippen LogP contribution in [0.5, 0.6) is 5.75 Å². The zero-order valence-corrected chi connectivity index (χ0v) is 7.16. The average molecular weight is 163 g/mol. The third-order valence-corrected chi connectivity index (χ3v) is 2.38. The second-order valence-corrected chi connectivity index (χ2v) is 3.28. The monoisotopic (exact) mass is 163 g/mol. The van der Waals surface area contributed by atoms with Gasteiger partial charge in [0.2, 0.25) is 0 Å². The van der Waals surface area contributed by atoms with Gasteiger partial charge in [0.15, 0.2) is 0 Å². The molecule has 1 aromatic carbocycles. The number of nitrogens with two attached hydrogens (primary N) is 1. The van der Waals surface area contributed by atoms with Gasteiger partial charge in [-0.1, -0.05) is 12.1 Å². The molecule has 2 N–H and O–H groups in total. The van der Waals surface area contributed by atoms with Crippen LogP contribution >= 0.6 is 0 Å². The van der Waals surface area contributed by atoms with Crippen molar-refractivity contribution >= 4 is 0 Å². The Morgan fingerprint density at radius 3 is 2.33 bits per heavy atom. The maximum atomic E-state index is 5.74. The van der Waals surface area contributed by atoms with Gasteiger partial charge in [0.1, 0.15) is 5.75 Å². The van der Waals surface area contributed by atoms with Crippen LogP contribution in [0.2, 0.25) is 0 Å². The zero-order chi connectivity index (χ0) is 8.55. The van der Waals surface area contributed by atoms with Gasteiger partial charge in [-0.3, -0.25) is 0 Å². The van der Waals surface area contributed by atoms with Crippen LogP contribution in [0.1, 0.15) is 17.9 Å². The van der Waals surface area contributed by atoms with Crippen molar-refractivity contribution < 1.29 is 4.74 Å². The van der Waals surface area contributed by atoms with E-state index in [-0.39, 0.29) is 0 Å². The Bertz CT molecular complexity index is 268. The van der Waals surface area contributed by atoms with E-state index in [1.54, 1.807) is 7.11 Å². The van der Waals surface area contributed by atoms with E-state index in [2.05, 4.69) is 12.1 Å². The van der Waals surface area contributed by atoms with Crippen LogP contribution in [0.25, 0.3) is 0 Å². The zero-order valence-electron chi connectivity index (χ0n) is 7.16. The minimum Gasteiger partial charge on any atom is -0.497 e. The fourth-order valence-electron chi connectivity index (χ4n) is 1.45. The third-order valence-electron chi connectivity index (χ3n) is 2.38. The number of benzene rings is 1. The molecule has 64 valence electrons. The predicted octanol–water partition coefficient (Wildman–Crippen LogP) is 1.51. The fourth-order valence-corrected chi connectivity index (χ4v) is 1.45. The lowest BCUT2D eigenvalue weighted by molar-refractivity contribution is 0.414. The summed E-state index contributed by atoms with van der Waals surface area (Å²) < 4.78 is 5.06. The van der Waals surface area contributed by atoms with E-state index >= 15 is 0 Å². The maximum Gasteiger partial charge on any atom is 0.118 e. The van der Waals surface area contributed by atoms with Crippen molar-refractivity contribution in [2.24, 2.45) is 5.73 Å². The van der Waals surface area contributed by atoms with Gasteiger partial charge >= 0.3 is 0 Å². The second-order valence-electron chi connectivity index (χ2n) is 3.28. The van der Waals surface area contributed by atoms with E-state index in [9.17, 15) is 0 Å². The van der Waals surface area contributed by atoms with Crippen LogP contribution < -0.4 is 10.5 Å². The molecule has 1 fully saturated rings. The van der Waals surface area contributed by atoms with E-state index in [1.165, 1.54) is 5.56 Å². The van der Waals surface area contributed by atoms with Gasteiger partial charge in [-0.15, -0.1) is 0 Å². The molecule has 2 atom stereocenters. The Hall–Kier alpha value is -1.02. The highest BCUT2D eigenvalue weighted by molar-refractivity contribution is 5.33. The van der Waals surface area contributed by atoms with Crippen molar-refractivity contribution in [2.75, 3.05) is 7.11 Å². The number of hydrogen-bond acceptors (Lipinski definition) is 2. The molecule has 0 aliphatic heterocycles. The topological polar surface area (TPSA) is 35.2 Å². The average Bonchev–Trinajstić information content (AvgIpc) is 2.83. The van der Waals surface area contributed by atoms with Crippen LogP contribution in [0.4, 0.5) is 0 Å². The third kappa shape index (κ3) is 1.30. The van der Waals surface area contributed by atoms with Gasteiger partial charge in [0.25, 0.3) is 0 Å². The van der Waals surface area contributed by atoms with E-state index in [1.807, 2.05) is 12.1 Å². The Morgan fingerprint density at radius 2 is 1.92 bits per heavy atom. The molecule has 2 rings (SSSR count). The molecule has 0 bridgehead atoms. The summed E-state index contributed by atoms with van der Waals surface area (Å²) >= 11 is 0. The first-order valence-corrected chi connectivity index (χ1v) is 4.21. The lowest BCUT2D eigenvalue weighted by atomic mass is 10.1. The molecule has 0 spiro atoms. The molecule has 0 aromatic heterocycles. The Kier molecular flexibility index (Phi) is 1.77. The van der Waals surface area contributed by atoms with Crippen LogP contribution in [-0.4, -0.2) is 13.2 Å². The van der Waals surface area contributed by atoms with Crippen molar-refractivity contribution in [3.63, 3.8) is 0 Å². The highest BCUT2D eigenvalue weighted by Gasteiger charge is 2.34. The van der Waals surface area contributed by atoms with E-state index in [0.29, 0.717) is 12.0 Å². The molecule has 1 aliphatic rings. The van der Waals surface area contributed by atoms with Gasteiger partial charge in [0.05, 0.1) is 7.11 Å². The van der Waals surface area contributed by atoms with E-state index in [0.717, 1.165) is 12.2 Å². The summed E-state index contributed by atoms with van der Waals surface area (Å²) in [6, 6.07) is 8.55. The minimum atomic E-state index is 0.387. The molecule has 1 aliphatic carbocycles. The lowest BCUT2D eigenvalue weighted by Crippen LogP contribution is -2.00. The number of rotatable bonds is 2. The fraction of sp³-hybridized carbons (Fsp3) is 0.400. The van der Waals surface area contributed by atoms with Gasteiger partial charge in [-0.25, -0.2) is 0 Å². The smallest absolute Gasteiger partial charge is 0.118 e. The predicted molar refractivity (Wildman–Crippen MR) is 48.3 cm³/mol. The van der Waals surface area contributed by atoms with Crippen molar-refractivity contribution in [1.29, 1.82) is 0 Å². The maximum absolute atomic E-state index is 5.74. The minimum absolute atomic E-state index is 0.387. The first-order chi connectivity index (χ1) is 5.81. The molecule has 1 saturated carbocycles. The van der Waals surface area contributed by atoms with Crippen LogP contribution in [-0.2, 0) is 0 Å². The molecule has 12 heavy (non-hydrogen) atoms. The molecule has 2 heteroatoms. The number of ether oxygens (including phenoxy) is 1. The Morgan fingerprint density at radius 1 is 1.33 bits per heavy atom. The molecule has 0 heterocycles. The summed E-state index contributed by atoms with van der Waals surface area (Å²) in [5.41, 5.74) is 7.07. The molecule has 1 aromatic rings. The van der Waals surface area contributed by atoms with Crippen LogP contribution in [0.15, 0.2) is 24.3 Å². The SMILES string of the molecule is COc1ccc([C@H]2CC2N)cc1. The first-order valence-electron chi connectivity index (χ1n) is 4.21. The van der Waals surface area contributed by atoms with E-state index in [4.69, 9.17) is 10.5 Å². The first kappa shape index (κ1) is 7.62. The molecular formula is C10H13NO. The highest BCUT2D eigenvalue weighted by atomic mass is 16.5. The molecular weight excluding hydrogens is 150 g/mol. The van der Waals surface area contributed by atoms with Gasteiger partial charge in [0, 0.05) is 12.0 Å². The van der Waals surface area contributed by atoms with Crippen molar-refractivity contribution in [3.05, 3.63) is 29.8 Å². The molecule has 1 unspecified atom stereocenters. The van der Waals surface area contributed by atoms with Crippen molar-refractivity contribution in [1.82, 2.24) is 0 Å². The summed E-state index contributed by atoms with van der Waals surface area (Å²) in [4.78, 5) is 0. The number of methoxy groups -OCH3 is 1. The molecule has 2 nitrogen and oxygen atoms in total. The summed E-state index contributed by atoms with van der Waals surface area (Å²) in [7, 11) is 1.68. The quantitative estimate of drug-likeness (QED) is 0.717.